The highest BCUT2D eigenvalue weighted by Crippen LogP contribution is 2.22. The number of piperidine rings is 1. The van der Waals surface area contributed by atoms with E-state index < -0.39 is 0 Å². The molecule has 2 heteroatoms. The average molecular weight is 240 g/mol. The van der Waals surface area contributed by atoms with Gasteiger partial charge in [0.15, 0.2) is 0 Å². The molecule has 0 aromatic carbocycles. The Morgan fingerprint density at radius 3 is 2.71 bits per heavy atom. The minimum absolute atomic E-state index is 0.654. The van der Waals surface area contributed by atoms with Gasteiger partial charge in [0.25, 0.3) is 0 Å². The van der Waals surface area contributed by atoms with Crippen LogP contribution in [0.25, 0.3) is 0 Å². The maximum Gasteiger partial charge on any atom is 0.0218 e. The summed E-state index contributed by atoms with van der Waals surface area (Å²) in [6.45, 7) is 8.03. The number of nitrogens with two attached hydrogens (primary N) is 1. The van der Waals surface area contributed by atoms with Gasteiger partial charge < -0.3 is 5.73 Å². The molecule has 0 spiro atoms. The van der Waals surface area contributed by atoms with Crippen LogP contribution >= 0.6 is 0 Å². The Balaban J connectivity index is 2.27. The third-order valence-corrected chi connectivity index (χ3v) is 4.31. The number of hydrogen-bond acceptors (Lipinski definition) is 2. The summed E-state index contributed by atoms with van der Waals surface area (Å²) in [6.07, 6.45) is 10.9. The highest BCUT2D eigenvalue weighted by atomic mass is 15.2. The van der Waals surface area contributed by atoms with Crippen LogP contribution in [0.4, 0.5) is 0 Å². The molecule has 2 unspecified atom stereocenters. The lowest BCUT2D eigenvalue weighted by atomic mass is 9.93. The van der Waals surface area contributed by atoms with Crippen LogP contribution in [0, 0.1) is 5.92 Å². The summed E-state index contributed by atoms with van der Waals surface area (Å²) in [5.74, 6) is 0.924. The number of nitrogens with zero attached hydrogens (tertiary/aromatic N) is 1. The third kappa shape index (κ3) is 5.39. The lowest BCUT2D eigenvalue weighted by molar-refractivity contribution is 0.117. The van der Waals surface area contributed by atoms with Gasteiger partial charge in [0, 0.05) is 19.1 Å². The fourth-order valence-electron chi connectivity index (χ4n) is 3.02. The second-order valence-corrected chi connectivity index (χ2v) is 5.65. The maximum atomic E-state index is 5.96. The third-order valence-electron chi connectivity index (χ3n) is 4.31. The van der Waals surface area contributed by atoms with Crippen molar-refractivity contribution in [3.8, 4) is 0 Å². The second-order valence-electron chi connectivity index (χ2n) is 5.65. The van der Waals surface area contributed by atoms with E-state index in [1.165, 1.54) is 64.5 Å². The molecule has 0 aromatic rings. The zero-order valence-electron chi connectivity index (χ0n) is 12.0. The van der Waals surface area contributed by atoms with Crippen LogP contribution in [0.15, 0.2) is 0 Å². The van der Waals surface area contributed by atoms with Crippen molar-refractivity contribution in [1.29, 1.82) is 0 Å². The van der Waals surface area contributed by atoms with Gasteiger partial charge in [-0.15, -0.1) is 0 Å². The highest BCUT2D eigenvalue weighted by Gasteiger charge is 2.23. The Bertz CT molecular complexity index is 182. The molecule has 2 nitrogen and oxygen atoms in total. The highest BCUT2D eigenvalue weighted by molar-refractivity contribution is 4.79. The van der Waals surface area contributed by atoms with E-state index in [4.69, 9.17) is 5.73 Å². The van der Waals surface area contributed by atoms with Crippen LogP contribution in [-0.4, -0.2) is 30.6 Å². The van der Waals surface area contributed by atoms with Crippen LogP contribution < -0.4 is 5.73 Å². The van der Waals surface area contributed by atoms with E-state index in [-0.39, 0.29) is 0 Å². The minimum Gasteiger partial charge on any atom is -0.329 e. The van der Waals surface area contributed by atoms with Crippen molar-refractivity contribution < 1.29 is 0 Å². The molecular formula is C15H32N2. The Labute approximate surface area is 108 Å². The van der Waals surface area contributed by atoms with Gasteiger partial charge >= 0.3 is 0 Å². The molecule has 0 amide bonds. The zero-order valence-corrected chi connectivity index (χ0v) is 12.0. The predicted octanol–water partition coefficient (Wildman–Crippen LogP) is 3.41. The summed E-state index contributed by atoms with van der Waals surface area (Å²) in [6, 6.07) is 0.654. The molecule has 1 rings (SSSR count). The van der Waals surface area contributed by atoms with Crippen molar-refractivity contribution in [3.05, 3.63) is 0 Å². The smallest absolute Gasteiger partial charge is 0.0218 e. The van der Waals surface area contributed by atoms with E-state index in [1.54, 1.807) is 0 Å². The largest absolute Gasteiger partial charge is 0.329 e. The van der Waals surface area contributed by atoms with Crippen molar-refractivity contribution >= 4 is 0 Å². The Morgan fingerprint density at radius 2 is 2.06 bits per heavy atom. The summed E-state index contributed by atoms with van der Waals surface area (Å²) in [5.41, 5.74) is 5.96. The predicted molar refractivity (Wildman–Crippen MR) is 76.2 cm³/mol. The first-order valence-electron chi connectivity index (χ1n) is 7.75. The Morgan fingerprint density at radius 1 is 1.24 bits per heavy atom. The van der Waals surface area contributed by atoms with Crippen molar-refractivity contribution in [1.82, 2.24) is 4.90 Å². The van der Waals surface area contributed by atoms with Crippen molar-refractivity contribution in [2.24, 2.45) is 11.7 Å². The molecule has 2 atom stereocenters. The molecule has 0 aromatic heterocycles. The topological polar surface area (TPSA) is 29.3 Å². The minimum atomic E-state index is 0.654. The van der Waals surface area contributed by atoms with Crippen molar-refractivity contribution in [2.75, 3.05) is 19.6 Å². The molecule has 1 heterocycles. The maximum absolute atomic E-state index is 5.96. The van der Waals surface area contributed by atoms with E-state index in [1.807, 2.05) is 0 Å². The van der Waals surface area contributed by atoms with Crippen LogP contribution in [-0.2, 0) is 0 Å². The molecule has 102 valence electrons. The molecular weight excluding hydrogens is 208 g/mol. The van der Waals surface area contributed by atoms with Gasteiger partial charge in [-0.25, -0.2) is 0 Å². The van der Waals surface area contributed by atoms with Gasteiger partial charge in [-0.1, -0.05) is 46.0 Å². The van der Waals surface area contributed by atoms with E-state index in [9.17, 15) is 0 Å². The number of likely N-dealkylation sites (tertiary alicyclic amines) is 1. The van der Waals surface area contributed by atoms with Crippen molar-refractivity contribution in [2.45, 2.75) is 71.3 Å². The summed E-state index contributed by atoms with van der Waals surface area (Å²) < 4.78 is 0. The number of rotatable bonds is 8. The zero-order chi connectivity index (χ0) is 12.5. The van der Waals surface area contributed by atoms with E-state index in [0.29, 0.717) is 6.04 Å². The van der Waals surface area contributed by atoms with Crippen molar-refractivity contribution in [3.63, 3.8) is 0 Å². The number of hydrogen-bond donors (Lipinski definition) is 1. The van der Waals surface area contributed by atoms with Gasteiger partial charge in [0.2, 0.25) is 0 Å². The van der Waals surface area contributed by atoms with Crippen LogP contribution in [0.5, 0.6) is 0 Å². The van der Waals surface area contributed by atoms with Crippen LogP contribution in [0.1, 0.15) is 65.2 Å². The normalized spacial score (nSPS) is 23.8. The fourth-order valence-corrected chi connectivity index (χ4v) is 3.02. The van der Waals surface area contributed by atoms with Gasteiger partial charge in [-0.2, -0.15) is 0 Å². The Kier molecular flexibility index (Phi) is 7.87. The standard InChI is InChI=1S/C15H32N2/c1-3-5-6-7-10-15(12-16)17-11-8-9-14(4-2)13-17/h14-15H,3-13,16H2,1-2H3. The molecule has 0 saturated carbocycles. The summed E-state index contributed by atoms with van der Waals surface area (Å²) in [5, 5.41) is 0. The lowest BCUT2D eigenvalue weighted by Gasteiger charge is -2.37. The summed E-state index contributed by atoms with van der Waals surface area (Å²) in [4.78, 5) is 2.67. The second kappa shape index (κ2) is 8.93. The monoisotopic (exact) mass is 240 g/mol. The molecule has 1 aliphatic heterocycles. The van der Waals surface area contributed by atoms with Gasteiger partial charge in [-0.3, -0.25) is 4.90 Å². The first-order valence-corrected chi connectivity index (χ1v) is 7.75. The van der Waals surface area contributed by atoms with E-state index in [0.717, 1.165) is 12.5 Å². The average Bonchev–Trinajstić information content (AvgIpc) is 2.39. The molecule has 0 aliphatic carbocycles. The molecule has 1 saturated heterocycles. The van der Waals surface area contributed by atoms with Gasteiger partial charge in [0.05, 0.1) is 0 Å². The number of unbranched alkanes of at least 4 members (excludes halogenated alkanes) is 3. The van der Waals surface area contributed by atoms with Gasteiger partial charge in [-0.05, 0) is 31.7 Å². The van der Waals surface area contributed by atoms with Gasteiger partial charge in [0.1, 0.15) is 0 Å². The molecule has 0 radical (unpaired) electrons. The summed E-state index contributed by atoms with van der Waals surface area (Å²) in [7, 11) is 0. The van der Waals surface area contributed by atoms with Crippen LogP contribution in [0.3, 0.4) is 0 Å². The van der Waals surface area contributed by atoms with E-state index >= 15 is 0 Å². The van der Waals surface area contributed by atoms with Crippen LogP contribution in [0.2, 0.25) is 0 Å². The molecule has 17 heavy (non-hydrogen) atoms. The first kappa shape index (κ1) is 15.0. The fraction of sp³-hybridized carbons (Fsp3) is 1.00. The lowest BCUT2D eigenvalue weighted by Crippen LogP contribution is -2.46. The SMILES string of the molecule is CCCCCCC(CN)N1CCCC(CC)C1. The van der Waals surface area contributed by atoms with E-state index in [2.05, 4.69) is 18.7 Å². The molecule has 1 aliphatic rings. The molecule has 1 fully saturated rings. The first-order chi connectivity index (χ1) is 8.31. The summed E-state index contributed by atoms with van der Waals surface area (Å²) >= 11 is 0. The Hall–Kier alpha value is -0.0800. The molecule has 0 bridgehead atoms. The molecule has 2 N–H and O–H groups in total. The quantitative estimate of drug-likeness (QED) is 0.659.